The van der Waals surface area contributed by atoms with Gasteiger partial charge in [0.1, 0.15) is 11.5 Å². The molecule has 1 aliphatic carbocycles. The van der Waals surface area contributed by atoms with Crippen molar-refractivity contribution >= 4 is 35.3 Å². The first kappa shape index (κ1) is 33.7. The number of Topliss-reactive ketones (excluding diaryl/α,β-unsaturated/α-hetero) is 2. The molecule has 9 nitrogen and oxygen atoms in total. The quantitative estimate of drug-likeness (QED) is 0.201. The fraction of sp³-hybridized carbons (Fsp3) is 0.231. The molecule has 5 amide bonds. The number of nitrogens with one attached hydrogen (secondary N) is 1. The van der Waals surface area contributed by atoms with Crippen LogP contribution in [-0.4, -0.2) is 51.2 Å². The lowest BCUT2D eigenvalue weighted by atomic mass is 9.72. The Kier molecular flexibility index (Phi) is 10.4. The topological polar surface area (TPSA) is 121 Å². The molecule has 1 heterocycles. The second-order valence-corrected chi connectivity index (χ2v) is 12.1. The number of allylic oxidation sites excluding steroid dienone is 6. The first-order chi connectivity index (χ1) is 23.1. The number of barbiturate groups is 1. The molecule has 9 heteroatoms. The van der Waals surface area contributed by atoms with Crippen LogP contribution < -0.4 is 5.32 Å². The Hall–Kier alpha value is -5.70. The SMILES string of the molecule is Cc1ccc(CNC(=O)C(C)N2C(=O)N(Cc3ccccc3)C(=O)C(CC(=O)C3=CC=CC=CC3)(CC(=O)c3ccccc3)C2=O)cc1. The minimum Gasteiger partial charge on any atom is -0.350 e. The second kappa shape index (κ2) is 14.8. The highest BCUT2D eigenvalue weighted by Crippen LogP contribution is 2.40. The Bertz CT molecular complexity index is 1810. The molecular formula is C39H37N3O6. The van der Waals surface area contributed by atoms with E-state index < -0.39 is 59.6 Å². The van der Waals surface area contributed by atoms with Crippen LogP contribution in [0.4, 0.5) is 4.79 Å². The van der Waals surface area contributed by atoms with Crippen LogP contribution in [0.25, 0.3) is 0 Å². The Morgan fingerprint density at radius 1 is 0.771 bits per heavy atom. The molecule has 0 bridgehead atoms. The monoisotopic (exact) mass is 643 g/mol. The van der Waals surface area contributed by atoms with Gasteiger partial charge in [-0.05, 0) is 37.0 Å². The maximum absolute atomic E-state index is 14.7. The van der Waals surface area contributed by atoms with Gasteiger partial charge in [0.05, 0.1) is 6.54 Å². The van der Waals surface area contributed by atoms with Gasteiger partial charge < -0.3 is 5.32 Å². The lowest BCUT2D eigenvalue weighted by Crippen LogP contribution is -2.69. The van der Waals surface area contributed by atoms with Gasteiger partial charge >= 0.3 is 6.03 Å². The number of amides is 5. The van der Waals surface area contributed by atoms with Gasteiger partial charge in [-0.2, -0.15) is 0 Å². The van der Waals surface area contributed by atoms with E-state index in [9.17, 15) is 28.8 Å². The summed E-state index contributed by atoms with van der Waals surface area (Å²) in [6.07, 6.45) is 7.52. The van der Waals surface area contributed by atoms with Gasteiger partial charge in [-0.1, -0.05) is 121 Å². The molecular weight excluding hydrogens is 606 g/mol. The number of nitrogens with zero attached hydrogens (tertiary/aromatic N) is 2. The van der Waals surface area contributed by atoms with Gasteiger partial charge in [0.15, 0.2) is 11.6 Å². The Labute approximate surface area is 279 Å². The van der Waals surface area contributed by atoms with Crippen LogP contribution in [0.3, 0.4) is 0 Å². The number of hydrogen-bond donors (Lipinski definition) is 1. The normalized spacial score (nSPS) is 18.3. The summed E-state index contributed by atoms with van der Waals surface area (Å²) in [4.78, 5) is 86.3. The van der Waals surface area contributed by atoms with E-state index in [0.717, 1.165) is 20.9 Å². The lowest BCUT2D eigenvalue weighted by molar-refractivity contribution is -0.164. The maximum atomic E-state index is 14.7. The summed E-state index contributed by atoms with van der Waals surface area (Å²) in [6, 6.07) is 22.0. The molecule has 48 heavy (non-hydrogen) atoms. The van der Waals surface area contributed by atoms with E-state index in [1.54, 1.807) is 91.0 Å². The number of hydrogen-bond acceptors (Lipinski definition) is 6. The summed E-state index contributed by atoms with van der Waals surface area (Å²) in [5.74, 6) is -3.72. The van der Waals surface area contributed by atoms with E-state index in [4.69, 9.17) is 0 Å². The smallest absolute Gasteiger partial charge is 0.334 e. The highest BCUT2D eigenvalue weighted by atomic mass is 16.2. The number of carbonyl (C=O) groups excluding carboxylic acids is 6. The fourth-order valence-corrected chi connectivity index (χ4v) is 5.83. The lowest BCUT2D eigenvalue weighted by Gasteiger charge is -2.45. The third kappa shape index (κ3) is 7.31. The van der Waals surface area contributed by atoms with Gasteiger partial charge in [-0.25, -0.2) is 4.79 Å². The molecule has 244 valence electrons. The Morgan fingerprint density at radius 2 is 1.42 bits per heavy atom. The molecule has 2 atom stereocenters. The number of urea groups is 1. The summed E-state index contributed by atoms with van der Waals surface area (Å²) in [5.41, 5.74) is 0.737. The van der Waals surface area contributed by atoms with Crippen molar-refractivity contribution in [3.05, 3.63) is 143 Å². The minimum absolute atomic E-state index is 0.137. The van der Waals surface area contributed by atoms with E-state index >= 15 is 0 Å². The molecule has 1 N–H and O–H groups in total. The van der Waals surface area contributed by atoms with Crippen molar-refractivity contribution in [3.63, 3.8) is 0 Å². The predicted molar refractivity (Wildman–Crippen MR) is 180 cm³/mol. The van der Waals surface area contributed by atoms with Crippen molar-refractivity contribution in [2.75, 3.05) is 0 Å². The Morgan fingerprint density at radius 3 is 2.10 bits per heavy atom. The van der Waals surface area contributed by atoms with Crippen LogP contribution in [0.5, 0.6) is 0 Å². The van der Waals surface area contributed by atoms with Crippen molar-refractivity contribution in [1.29, 1.82) is 0 Å². The average molecular weight is 644 g/mol. The van der Waals surface area contributed by atoms with Crippen LogP contribution in [0, 0.1) is 12.3 Å². The van der Waals surface area contributed by atoms with Crippen molar-refractivity contribution in [1.82, 2.24) is 15.1 Å². The van der Waals surface area contributed by atoms with Gasteiger partial charge in [0, 0.05) is 24.9 Å². The molecule has 1 aliphatic heterocycles. The number of carbonyl (C=O) groups is 6. The van der Waals surface area contributed by atoms with Crippen molar-refractivity contribution in [2.24, 2.45) is 5.41 Å². The first-order valence-electron chi connectivity index (χ1n) is 15.8. The molecule has 1 fully saturated rings. The zero-order valence-corrected chi connectivity index (χ0v) is 26.9. The van der Waals surface area contributed by atoms with Crippen LogP contribution >= 0.6 is 0 Å². The number of benzene rings is 3. The second-order valence-electron chi connectivity index (χ2n) is 12.1. The van der Waals surface area contributed by atoms with Crippen LogP contribution in [0.1, 0.15) is 53.2 Å². The third-order valence-electron chi connectivity index (χ3n) is 8.63. The van der Waals surface area contributed by atoms with Gasteiger partial charge in [-0.3, -0.25) is 33.8 Å². The Balaban J connectivity index is 1.57. The van der Waals surface area contributed by atoms with Gasteiger partial charge in [0.25, 0.3) is 0 Å². The summed E-state index contributed by atoms with van der Waals surface area (Å²) < 4.78 is 0. The largest absolute Gasteiger partial charge is 0.350 e. The molecule has 0 radical (unpaired) electrons. The number of imide groups is 2. The van der Waals surface area contributed by atoms with Crippen molar-refractivity contribution < 1.29 is 28.8 Å². The molecule has 0 saturated carbocycles. The minimum atomic E-state index is -2.29. The van der Waals surface area contributed by atoms with Crippen molar-refractivity contribution in [3.8, 4) is 0 Å². The first-order valence-corrected chi connectivity index (χ1v) is 15.8. The van der Waals surface area contributed by atoms with Crippen molar-refractivity contribution in [2.45, 2.75) is 52.2 Å². The molecule has 2 unspecified atom stereocenters. The highest BCUT2D eigenvalue weighted by Gasteiger charge is 2.60. The standard InChI is InChI=1S/C39H37N3O6/c1-27-19-21-29(22-20-27)25-40-35(45)28(2)42-37(47)39(24-34(44)32-17-11-6-12-18-32,23-33(43)31-15-9-3-4-10-16-31)36(46)41(38(42)48)26-30-13-7-5-8-14-30/h3-15,17-22,28H,16,23-26H2,1-2H3,(H,40,45). The molecule has 3 aromatic carbocycles. The molecule has 5 rings (SSSR count). The summed E-state index contributed by atoms with van der Waals surface area (Å²) in [7, 11) is 0. The summed E-state index contributed by atoms with van der Waals surface area (Å²) in [6.45, 7) is 3.24. The molecule has 0 spiro atoms. The highest BCUT2D eigenvalue weighted by molar-refractivity contribution is 6.24. The average Bonchev–Trinajstić information content (AvgIpc) is 3.40. The molecule has 2 aliphatic rings. The molecule has 1 saturated heterocycles. The van der Waals surface area contributed by atoms with Gasteiger partial charge in [-0.15, -0.1) is 0 Å². The van der Waals surface area contributed by atoms with E-state index in [1.165, 1.54) is 6.92 Å². The predicted octanol–water partition coefficient (Wildman–Crippen LogP) is 5.65. The third-order valence-corrected chi connectivity index (χ3v) is 8.63. The van der Waals surface area contributed by atoms with E-state index in [-0.39, 0.29) is 25.1 Å². The van der Waals surface area contributed by atoms with E-state index in [2.05, 4.69) is 5.32 Å². The van der Waals surface area contributed by atoms with E-state index in [0.29, 0.717) is 11.1 Å². The van der Waals surface area contributed by atoms with Crippen LogP contribution in [-0.2, 0) is 32.3 Å². The molecule has 0 aromatic heterocycles. The summed E-state index contributed by atoms with van der Waals surface area (Å²) >= 11 is 0. The zero-order chi connectivity index (χ0) is 34.3. The number of rotatable bonds is 12. The van der Waals surface area contributed by atoms with Crippen LogP contribution in [0.2, 0.25) is 0 Å². The van der Waals surface area contributed by atoms with E-state index in [1.807, 2.05) is 31.2 Å². The number of ketones is 2. The maximum Gasteiger partial charge on any atom is 0.334 e. The fourth-order valence-electron chi connectivity index (χ4n) is 5.83. The zero-order valence-electron chi connectivity index (χ0n) is 26.9. The number of aryl methyl sites for hydroxylation is 1. The summed E-state index contributed by atoms with van der Waals surface area (Å²) in [5, 5.41) is 2.78. The molecule has 3 aromatic rings. The van der Waals surface area contributed by atoms with Crippen LogP contribution in [0.15, 0.2) is 121 Å². The van der Waals surface area contributed by atoms with Gasteiger partial charge in [0.2, 0.25) is 17.7 Å².